The number of nitro benzene ring substituents is 2. The van der Waals surface area contributed by atoms with Crippen LogP contribution in [0.5, 0.6) is 0 Å². The Kier molecular flexibility index (Phi) is 7.14. The number of para-hydroxylation sites is 2. The van der Waals surface area contributed by atoms with E-state index >= 15 is 0 Å². The number of amides is 1. The van der Waals surface area contributed by atoms with Gasteiger partial charge in [-0.2, -0.15) is 0 Å². The lowest BCUT2D eigenvalue weighted by molar-refractivity contribution is -0.387. The van der Waals surface area contributed by atoms with E-state index in [1.165, 1.54) is 30.0 Å². The molecule has 40 heavy (non-hydrogen) atoms. The van der Waals surface area contributed by atoms with Crippen LogP contribution in [0.4, 0.5) is 17.1 Å². The molecule has 6 rings (SSSR count). The largest absolute Gasteiger partial charge is 0.377 e. The molecular formula is C29H27ClN4O5S. The van der Waals surface area contributed by atoms with E-state index in [2.05, 4.69) is 5.32 Å². The third-order valence-corrected chi connectivity index (χ3v) is 10.4. The highest BCUT2D eigenvalue weighted by atomic mass is 35.5. The number of fused-ring (bicyclic) bond motifs is 3. The Morgan fingerprint density at radius 3 is 2.38 bits per heavy atom. The Balaban J connectivity index is 1.41. The van der Waals surface area contributed by atoms with Gasteiger partial charge in [-0.15, -0.1) is 23.4 Å². The first-order chi connectivity index (χ1) is 19.3. The Labute approximate surface area is 240 Å². The van der Waals surface area contributed by atoms with Crippen molar-refractivity contribution in [2.75, 3.05) is 18.4 Å². The van der Waals surface area contributed by atoms with Crippen LogP contribution < -0.4 is 5.32 Å². The smallest absolute Gasteiger partial charge is 0.282 e. The first kappa shape index (κ1) is 26.6. The van der Waals surface area contributed by atoms with E-state index in [0.717, 1.165) is 42.7 Å². The molecule has 0 aromatic heterocycles. The second-order valence-corrected chi connectivity index (χ2v) is 12.3. The molecule has 2 fully saturated rings. The second-order valence-electron chi connectivity index (χ2n) is 10.5. The molecule has 1 saturated heterocycles. The molecule has 1 aliphatic carbocycles. The third kappa shape index (κ3) is 4.69. The molecule has 0 spiro atoms. The van der Waals surface area contributed by atoms with Crippen molar-refractivity contribution in [3.63, 3.8) is 0 Å². The lowest BCUT2D eigenvalue weighted by Crippen LogP contribution is -2.34. The summed E-state index contributed by atoms with van der Waals surface area (Å²) in [5.74, 6) is -0.128. The summed E-state index contributed by atoms with van der Waals surface area (Å²) in [4.78, 5) is 38.2. The van der Waals surface area contributed by atoms with E-state index in [4.69, 9.17) is 11.6 Å². The van der Waals surface area contributed by atoms with Crippen molar-refractivity contribution >= 4 is 46.3 Å². The molecule has 9 nitrogen and oxygen atoms in total. The van der Waals surface area contributed by atoms with Gasteiger partial charge in [-0.3, -0.25) is 25.0 Å². The Bertz CT molecular complexity index is 1480. The van der Waals surface area contributed by atoms with Gasteiger partial charge in [0.1, 0.15) is 0 Å². The van der Waals surface area contributed by atoms with Crippen LogP contribution >= 0.6 is 23.4 Å². The molecule has 1 saturated carbocycles. The highest BCUT2D eigenvalue weighted by Crippen LogP contribution is 2.58. The van der Waals surface area contributed by atoms with E-state index in [0.29, 0.717) is 16.9 Å². The standard InChI is InChI=1S/C29H27ClN4O5S/c30-26-24(40-23-9-2-1-8-22(23)34(38)39)16-21-25(26)19-6-5-7-20(29(35)32-14-3-4-15-32)28(19)31-27(21)17-10-12-18(13-11-17)33(36)37/h1-2,5-13,21,24-27,31H,3-4,14-16H2/t21-,24+,25-,26-,27-/m1/s1. The van der Waals surface area contributed by atoms with E-state index in [9.17, 15) is 25.0 Å². The summed E-state index contributed by atoms with van der Waals surface area (Å²) in [5, 5.41) is 26.1. The summed E-state index contributed by atoms with van der Waals surface area (Å²) < 4.78 is 0. The van der Waals surface area contributed by atoms with Gasteiger partial charge in [0.25, 0.3) is 17.3 Å². The number of alkyl halides is 1. The number of carbonyl (C=O) groups excluding carboxylic acids is 1. The number of halogens is 1. The maximum Gasteiger partial charge on any atom is 0.282 e. The molecule has 3 aromatic carbocycles. The molecule has 3 aromatic rings. The lowest BCUT2D eigenvalue weighted by atomic mass is 9.76. The van der Waals surface area contributed by atoms with E-state index < -0.39 is 4.92 Å². The van der Waals surface area contributed by atoms with Crippen molar-refractivity contribution in [3.8, 4) is 0 Å². The number of nitrogens with zero attached hydrogens (tertiary/aromatic N) is 3. The van der Waals surface area contributed by atoms with Crippen LogP contribution in [0.15, 0.2) is 71.6 Å². The molecule has 5 atom stereocenters. The van der Waals surface area contributed by atoms with E-state index in [-0.39, 0.29) is 50.7 Å². The van der Waals surface area contributed by atoms with Crippen LogP contribution in [0.25, 0.3) is 0 Å². The molecule has 0 unspecified atom stereocenters. The topological polar surface area (TPSA) is 119 Å². The number of nitrogens with one attached hydrogen (secondary N) is 1. The molecule has 1 amide bonds. The van der Waals surface area contributed by atoms with Crippen molar-refractivity contribution in [3.05, 3.63) is 104 Å². The Morgan fingerprint density at radius 2 is 1.68 bits per heavy atom. The van der Waals surface area contributed by atoms with Gasteiger partial charge < -0.3 is 10.2 Å². The summed E-state index contributed by atoms with van der Waals surface area (Å²) in [6.07, 6.45) is 2.64. The zero-order valence-corrected chi connectivity index (χ0v) is 23.0. The molecule has 1 N–H and O–H groups in total. The number of likely N-dealkylation sites (tertiary alicyclic amines) is 1. The van der Waals surface area contributed by atoms with Crippen molar-refractivity contribution in [2.45, 2.75) is 46.7 Å². The zero-order valence-electron chi connectivity index (χ0n) is 21.4. The molecule has 11 heteroatoms. The molecule has 2 aliphatic heterocycles. The summed E-state index contributed by atoms with van der Waals surface area (Å²) in [5.41, 5.74) is 3.26. The van der Waals surface area contributed by atoms with Gasteiger partial charge in [-0.1, -0.05) is 36.4 Å². The maximum atomic E-state index is 13.6. The van der Waals surface area contributed by atoms with Crippen LogP contribution in [0.3, 0.4) is 0 Å². The fourth-order valence-electron chi connectivity index (χ4n) is 6.42. The number of carbonyl (C=O) groups is 1. The van der Waals surface area contributed by atoms with Gasteiger partial charge in [-0.25, -0.2) is 0 Å². The summed E-state index contributed by atoms with van der Waals surface area (Å²) in [6, 6.07) is 18.7. The predicted molar refractivity (Wildman–Crippen MR) is 154 cm³/mol. The van der Waals surface area contributed by atoms with Gasteiger partial charge >= 0.3 is 0 Å². The van der Waals surface area contributed by atoms with Gasteiger partial charge in [0.05, 0.1) is 37.4 Å². The minimum atomic E-state index is -0.424. The van der Waals surface area contributed by atoms with Crippen LogP contribution in [-0.2, 0) is 0 Å². The molecule has 2 heterocycles. The van der Waals surface area contributed by atoms with Crippen molar-refractivity contribution < 1.29 is 14.6 Å². The monoisotopic (exact) mass is 578 g/mol. The number of hydrogen-bond acceptors (Lipinski definition) is 7. The van der Waals surface area contributed by atoms with Crippen molar-refractivity contribution in [1.29, 1.82) is 0 Å². The molecule has 0 bridgehead atoms. The number of benzene rings is 3. The minimum absolute atomic E-state index is 0.00729. The second kappa shape index (κ2) is 10.7. The van der Waals surface area contributed by atoms with E-state index in [1.54, 1.807) is 30.3 Å². The van der Waals surface area contributed by atoms with Crippen LogP contribution in [0.1, 0.15) is 52.7 Å². The molecule has 0 radical (unpaired) electrons. The first-order valence-electron chi connectivity index (χ1n) is 13.3. The van der Waals surface area contributed by atoms with Gasteiger partial charge in [0, 0.05) is 42.5 Å². The predicted octanol–water partition coefficient (Wildman–Crippen LogP) is 6.78. The third-order valence-electron chi connectivity index (χ3n) is 8.27. The zero-order chi connectivity index (χ0) is 28.0. The first-order valence-corrected chi connectivity index (χ1v) is 14.6. The molecule has 3 aliphatic rings. The van der Waals surface area contributed by atoms with Gasteiger partial charge in [-0.05, 0) is 48.4 Å². The average Bonchev–Trinajstić information content (AvgIpc) is 3.61. The SMILES string of the molecule is O=C(c1cccc2c1N[C@H](c1ccc([N+](=O)[O-])cc1)[C@@H]1C[C@H](Sc3ccccc3[N+](=O)[O-])[C@@H](Cl)[C@H]21)N1CCCC1. The van der Waals surface area contributed by atoms with Crippen molar-refractivity contribution in [2.24, 2.45) is 5.92 Å². The maximum absolute atomic E-state index is 13.6. The fourth-order valence-corrected chi connectivity index (χ4v) is 8.36. The Morgan fingerprint density at radius 1 is 0.950 bits per heavy atom. The van der Waals surface area contributed by atoms with Crippen LogP contribution in [0.2, 0.25) is 0 Å². The lowest BCUT2D eigenvalue weighted by Gasteiger charge is -2.39. The number of rotatable bonds is 6. The fraction of sp³-hybridized carbons (Fsp3) is 0.345. The number of non-ortho nitro benzene ring substituents is 1. The number of anilines is 1. The molecular weight excluding hydrogens is 552 g/mol. The number of nitro groups is 2. The Hall–Kier alpha value is -3.63. The van der Waals surface area contributed by atoms with Gasteiger partial charge in [0.2, 0.25) is 0 Å². The number of hydrogen-bond donors (Lipinski definition) is 1. The minimum Gasteiger partial charge on any atom is -0.377 e. The van der Waals surface area contributed by atoms with E-state index in [1.807, 2.05) is 23.1 Å². The van der Waals surface area contributed by atoms with Crippen molar-refractivity contribution in [1.82, 2.24) is 4.90 Å². The summed E-state index contributed by atoms with van der Waals surface area (Å²) in [6.45, 7) is 1.46. The highest BCUT2D eigenvalue weighted by Gasteiger charge is 2.51. The summed E-state index contributed by atoms with van der Waals surface area (Å²) in [7, 11) is 0. The average molecular weight is 579 g/mol. The van der Waals surface area contributed by atoms with Gasteiger partial charge in [0.15, 0.2) is 0 Å². The summed E-state index contributed by atoms with van der Waals surface area (Å²) >= 11 is 8.66. The number of thioether (sulfide) groups is 1. The van der Waals surface area contributed by atoms with Crippen LogP contribution in [-0.4, -0.2) is 44.4 Å². The normalized spacial score (nSPS) is 25.1. The quantitative estimate of drug-likeness (QED) is 0.194. The highest BCUT2D eigenvalue weighted by molar-refractivity contribution is 8.00. The van der Waals surface area contributed by atoms with Crippen LogP contribution in [0, 0.1) is 26.1 Å². The molecule has 206 valence electrons.